The molecule has 0 aliphatic heterocycles. The Kier molecular flexibility index (Phi) is 3.39. The zero-order valence-electron chi connectivity index (χ0n) is 14.6. The fourth-order valence-electron chi connectivity index (χ4n) is 3.64. The Bertz CT molecular complexity index is 1230. The van der Waals surface area contributed by atoms with Crippen molar-refractivity contribution in [3.63, 3.8) is 0 Å². The van der Waals surface area contributed by atoms with Gasteiger partial charge in [0.15, 0.2) is 0 Å². The molecule has 0 spiro atoms. The van der Waals surface area contributed by atoms with E-state index in [9.17, 15) is 0 Å². The highest BCUT2D eigenvalue weighted by Gasteiger charge is 2.09. The van der Waals surface area contributed by atoms with Gasteiger partial charge in [-0.25, -0.2) is 0 Å². The number of benzene rings is 4. The first-order valence-corrected chi connectivity index (χ1v) is 8.87. The Balaban J connectivity index is 1.69. The van der Waals surface area contributed by atoms with E-state index in [1.807, 2.05) is 12.1 Å². The molecule has 0 unspecified atom stereocenters. The summed E-state index contributed by atoms with van der Waals surface area (Å²) in [6.07, 6.45) is 0. The fraction of sp³-hybridized carbons (Fsp3) is 0.0400. The molecule has 0 fully saturated rings. The molecule has 5 aromatic rings. The normalized spacial score (nSPS) is 11.3. The van der Waals surface area contributed by atoms with Crippen molar-refractivity contribution in [3.8, 4) is 22.3 Å². The topological polar surface area (TPSA) is 13.1 Å². The third-order valence-corrected chi connectivity index (χ3v) is 5.03. The highest BCUT2D eigenvalue weighted by Crippen LogP contribution is 2.34. The van der Waals surface area contributed by atoms with Gasteiger partial charge >= 0.3 is 0 Å². The molecular formula is C25H18O. The van der Waals surface area contributed by atoms with Gasteiger partial charge in [-0.15, -0.1) is 0 Å². The molecule has 1 aromatic heterocycles. The number of hydrogen-bond acceptors (Lipinski definition) is 1. The highest BCUT2D eigenvalue weighted by atomic mass is 16.3. The van der Waals surface area contributed by atoms with Crippen LogP contribution in [0.2, 0.25) is 0 Å². The molecule has 0 bridgehead atoms. The Labute approximate surface area is 152 Å². The molecular weight excluding hydrogens is 316 g/mol. The minimum absolute atomic E-state index is 0.936. The van der Waals surface area contributed by atoms with Gasteiger partial charge in [-0.05, 0) is 59.0 Å². The molecule has 0 atom stereocenters. The second kappa shape index (κ2) is 5.89. The maximum atomic E-state index is 5.96. The molecule has 1 nitrogen and oxygen atoms in total. The van der Waals surface area contributed by atoms with E-state index in [0.717, 1.165) is 11.2 Å². The van der Waals surface area contributed by atoms with Crippen molar-refractivity contribution in [1.82, 2.24) is 0 Å². The average molecular weight is 334 g/mol. The van der Waals surface area contributed by atoms with Gasteiger partial charge in [-0.2, -0.15) is 0 Å². The Hall–Kier alpha value is -3.32. The van der Waals surface area contributed by atoms with Crippen LogP contribution in [-0.4, -0.2) is 0 Å². The first-order valence-electron chi connectivity index (χ1n) is 8.87. The van der Waals surface area contributed by atoms with E-state index in [-0.39, 0.29) is 0 Å². The summed E-state index contributed by atoms with van der Waals surface area (Å²) >= 11 is 0. The van der Waals surface area contributed by atoms with E-state index in [1.165, 1.54) is 38.6 Å². The smallest absolute Gasteiger partial charge is 0.135 e. The Morgan fingerprint density at radius 2 is 1.23 bits per heavy atom. The fourth-order valence-corrected chi connectivity index (χ4v) is 3.64. The van der Waals surface area contributed by atoms with Crippen LogP contribution in [0.1, 0.15) is 5.56 Å². The van der Waals surface area contributed by atoms with E-state index < -0.39 is 0 Å². The van der Waals surface area contributed by atoms with Crippen molar-refractivity contribution in [1.29, 1.82) is 0 Å². The monoisotopic (exact) mass is 334 g/mol. The number of para-hydroxylation sites is 1. The number of furan rings is 1. The Morgan fingerprint density at radius 1 is 0.538 bits per heavy atom. The van der Waals surface area contributed by atoms with Crippen LogP contribution in [0.5, 0.6) is 0 Å². The first kappa shape index (κ1) is 15.0. The number of rotatable bonds is 2. The van der Waals surface area contributed by atoms with Gasteiger partial charge < -0.3 is 4.42 Å². The summed E-state index contributed by atoms with van der Waals surface area (Å²) in [5, 5.41) is 2.33. The molecule has 124 valence electrons. The summed E-state index contributed by atoms with van der Waals surface area (Å²) in [7, 11) is 0. The molecule has 0 saturated heterocycles. The van der Waals surface area contributed by atoms with Crippen molar-refractivity contribution in [3.05, 3.63) is 96.6 Å². The van der Waals surface area contributed by atoms with Crippen LogP contribution in [0.4, 0.5) is 0 Å². The van der Waals surface area contributed by atoms with Gasteiger partial charge in [-0.3, -0.25) is 0 Å². The van der Waals surface area contributed by atoms with Crippen molar-refractivity contribution in [2.75, 3.05) is 0 Å². The van der Waals surface area contributed by atoms with Crippen molar-refractivity contribution >= 4 is 21.9 Å². The average Bonchev–Trinajstić information content (AvgIpc) is 3.07. The van der Waals surface area contributed by atoms with Crippen molar-refractivity contribution < 1.29 is 4.42 Å². The lowest BCUT2D eigenvalue weighted by Gasteiger charge is -2.10. The third-order valence-electron chi connectivity index (χ3n) is 5.03. The van der Waals surface area contributed by atoms with Gasteiger partial charge in [-0.1, -0.05) is 66.7 Å². The van der Waals surface area contributed by atoms with Crippen LogP contribution in [0, 0.1) is 6.92 Å². The standard InChI is InChI=1S/C25H18O/c1-17-11-12-19(15-22(17)18-7-3-2-4-8-18)20-13-14-25-23(16-20)21-9-5-6-10-24(21)26-25/h2-16H,1H3. The second-order valence-corrected chi connectivity index (χ2v) is 6.70. The largest absolute Gasteiger partial charge is 0.456 e. The minimum atomic E-state index is 0.936. The van der Waals surface area contributed by atoms with Crippen LogP contribution in [-0.2, 0) is 0 Å². The van der Waals surface area contributed by atoms with Gasteiger partial charge in [0.1, 0.15) is 11.2 Å². The number of aryl methyl sites for hydroxylation is 1. The number of hydrogen-bond donors (Lipinski definition) is 0. The number of fused-ring (bicyclic) bond motifs is 3. The van der Waals surface area contributed by atoms with Gasteiger partial charge in [0.2, 0.25) is 0 Å². The van der Waals surface area contributed by atoms with Crippen LogP contribution in [0.3, 0.4) is 0 Å². The molecule has 26 heavy (non-hydrogen) atoms. The summed E-state index contributed by atoms with van der Waals surface area (Å²) < 4.78 is 5.96. The third kappa shape index (κ3) is 2.41. The molecule has 0 aliphatic rings. The summed E-state index contributed by atoms with van der Waals surface area (Å²) in [5.41, 5.74) is 8.12. The molecule has 1 heteroatoms. The Morgan fingerprint density at radius 3 is 2.12 bits per heavy atom. The first-order chi connectivity index (χ1) is 12.8. The zero-order valence-corrected chi connectivity index (χ0v) is 14.6. The van der Waals surface area contributed by atoms with E-state index in [4.69, 9.17) is 4.42 Å². The summed E-state index contributed by atoms with van der Waals surface area (Å²) in [6.45, 7) is 2.17. The van der Waals surface area contributed by atoms with Crippen molar-refractivity contribution in [2.45, 2.75) is 6.92 Å². The van der Waals surface area contributed by atoms with Crippen LogP contribution in [0.15, 0.2) is 95.4 Å². The summed E-state index contributed by atoms with van der Waals surface area (Å²) in [4.78, 5) is 0. The van der Waals surface area contributed by atoms with Crippen LogP contribution >= 0.6 is 0 Å². The SMILES string of the molecule is Cc1ccc(-c2ccc3oc4ccccc4c3c2)cc1-c1ccccc1. The van der Waals surface area contributed by atoms with Crippen molar-refractivity contribution in [2.24, 2.45) is 0 Å². The van der Waals surface area contributed by atoms with Crippen LogP contribution in [0.25, 0.3) is 44.2 Å². The lowest BCUT2D eigenvalue weighted by atomic mass is 9.95. The van der Waals surface area contributed by atoms with E-state index in [2.05, 4.69) is 85.8 Å². The maximum absolute atomic E-state index is 5.96. The van der Waals surface area contributed by atoms with Gasteiger partial charge in [0.25, 0.3) is 0 Å². The quantitative estimate of drug-likeness (QED) is 0.332. The predicted octanol–water partition coefficient (Wildman–Crippen LogP) is 7.23. The zero-order chi connectivity index (χ0) is 17.5. The highest BCUT2D eigenvalue weighted by molar-refractivity contribution is 6.06. The lowest BCUT2D eigenvalue weighted by Crippen LogP contribution is -1.85. The molecule has 4 aromatic carbocycles. The molecule has 1 heterocycles. The van der Waals surface area contributed by atoms with Gasteiger partial charge in [0.05, 0.1) is 0 Å². The molecule has 0 radical (unpaired) electrons. The molecule has 0 saturated carbocycles. The lowest BCUT2D eigenvalue weighted by molar-refractivity contribution is 0.669. The summed E-state index contributed by atoms with van der Waals surface area (Å²) in [5.74, 6) is 0. The van der Waals surface area contributed by atoms with Crippen LogP contribution < -0.4 is 0 Å². The maximum Gasteiger partial charge on any atom is 0.135 e. The van der Waals surface area contributed by atoms with E-state index >= 15 is 0 Å². The molecule has 0 aliphatic carbocycles. The molecule has 0 N–H and O–H groups in total. The van der Waals surface area contributed by atoms with E-state index in [0.29, 0.717) is 0 Å². The van der Waals surface area contributed by atoms with E-state index in [1.54, 1.807) is 0 Å². The van der Waals surface area contributed by atoms with Gasteiger partial charge in [0, 0.05) is 10.8 Å². The second-order valence-electron chi connectivity index (χ2n) is 6.70. The molecule has 5 rings (SSSR count). The molecule has 0 amide bonds. The predicted molar refractivity (Wildman–Crippen MR) is 109 cm³/mol. The summed E-state index contributed by atoms with van der Waals surface area (Å²) in [6, 6.07) is 31.9. The minimum Gasteiger partial charge on any atom is -0.456 e.